The Morgan fingerprint density at radius 2 is 0.915 bits per heavy atom. The lowest BCUT2D eigenvalue weighted by molar-refractivity contribution is 0.639. The molecular formula is C46H37N. The minimum Gasteiger partial charge on any atom is -0.310 e. The summed E-state index contributed by atoms with van der Waals surface area (Å²) in [5.74, 6) is 0. The van der Waals surface area contributed by atoms with E-state index < -0.39 is 0 Å². The van der Waals surface area contributed by atoms with Crippen molar-refractivity contribution in [2.24, 2.45) is 0 Å². The maximum absolute atomic E-state index is 2.55. The standard InChI is InChI=1S/C46H37N/c1-45(2)38-22-14-13-21-36(38)43-40(45)29-41-44(42(43)31-16-7-5-8-17-31)37-26-25-35(28-39(37)46(41,3)4)47(33-19-9-6-10-20-33)34-24-23-30-15-11-12-18-32(30)27-34/h5-29H,1-4H3. The summed E-state index contributed by atoms with van der Waals surface area (Å²) >= 11 is 0. The van der Waals surface area contributed by atoms with Crippen molar-refractivity contribution >= 4 is 27.8 Å². The van der Waals surface area contributed by atoms with E-state index in [1.165, 1.54) is 72.1 Å². The van der Waals surface area contributed by atoms with Crippen LogP contribution < -0.4 is 4.90 Å². The Hall–Kier alpha value is -5.40. The fourth-order valence-electron chi connectivity index (χ4n) is 8.40. The molecule has 0 fully saturated rings. The minimum atomic E-state index is -0.185. The molecule has 7 aromatic rings. The average Bonchev–Trinajstić information content (AvgIpc) is 3.47. The van der Waals surface area contributed by atoms with Crippen LogP contribution in [0.5, 0.6) is 0 Å². The number of fused-ring (bicyclic) bond motifs is 7. The van der Waals surface area contributed by atoms with Crippen molar-refractivity contribution in [3.05, 3.63) is 174 Å². The van der Waals surface area contributed by atoms with Crippen LogP contribution in [0.15, 0.2) is 152 Å². The molecular weight excluding hydrogens is 567 g/mol. The molecule has 9 rings (SSSR count). The molecule has 0 saturated carbocycles. The molecule has 1 heteroatoms. The molecule has 0 aromatic heterocycles. The lowest BCUT2D eigenvalue weighted by atomic mass is 9.76. The van der Waals surface area contributed by atoms with Gasteiger partial charge in [0.25, 0.3) is 0 Å². The van der Waals surface area contributed by atoms with Crippen molar-refractivity contribution in [3.63, 3.8) is 0 Å². The second-order valence-electron chi connectivity index (χ2n) is 14.2. The number of rotatable bonds is 4. The highest BCUT2D eigenvalue weighted by molar-refractivity contribution is 6.04. The number of anilines is 3. The third-order valence-corrected chi connectivity index (χ3v) is 10.8. The minimum absolute atomic E-state index is 0.0826. The van der Waals surface area contributed by atoms with Crippen LogP contribution in [0.2, 0.25) is 0 Å². The predicted octanol–water partition coefficient (Wildman–Crippen LogP) is 12.6. The van der Waals surface area contributed by atoms with Crippen LogP contribution in [0.3, 0.4) is 0 Å². The zero-order chi connectivity index (χ0) is 31.9. The van der Waals surface area contributed by atoms with Gasteiger partial charge in [-0.3, -0.25) is 0 Å². The predicted molar refractivity (Wildman–Crippen MR) is 199 cm³/mol. The van der Waals surface area contributed by atoms with E-state index in [1.54, 1.807) is 0 Å². The third-order valence-electron chi connectivity index (χ3n) is 10.8. The molecule has 0 saturated heterocycles. The van der Waals surface area contributed by atoms with Gasteiger partial charge in [0.1, 0.15) is 0 Å². The van der Waals surface area contributed by atoms with Crippen molar-refractivity contribution in [1.29, 1.82) is 0 Å². The first kappa shape index (κ1) is 27.9. The molecule has 0 atom stereocenters. The maximum atomic E-state index is 2.55. The van der Waals surface area contributed by atoms with E-state index in [-0.39, 0.29) is 10.8 Å². The Morgan fingerprint density at radius 3 is 1.66 bits per heavy atom. The molecule has 0 unspecified atom stereocenters. The van der Waals surface area contributed by atoms with Crippen molar-refractivity contribution in [2.45, 2.75) is 38.5 Å². The van der Waals surface area contributed by atoms with Gasteiger partial charge < -0.3 is 4.90 Å². The molecule has 47 heavy (non-hydrogen) atoms. The second-order valence-corrected chi connectivity index (χ2v) is 14.2. The number of nitrogens with zero attached hydrogens (tertiary/aromatic N) is 1. The molecule has 0 N–H and O–H groups in total. The zero-order valence-corrected chi connectivity index (χ0v) is 27.4. The Morgan fingerprint density at radius 1 is 0.362 bits per heavy atom. The summed E-state index contributed by atoms with van der Waals surface area (Å²) < 4.78 is 0. The van der Waals surface area contributed by atoms with Crippen molar-refractivity contribution < 1.29 is 0 Å². The molecule has 2 aliphatic rings. The third kappa shape index (κ3) is 4.02. The second kappa shape index (κ2) is 10.0. The van der Waals surface area contributed by atoms with E-state index in [1.807, 2.05) is 0 Å². The molecule has 0 amide bonds. The normalized spacial score (nSPS) is 14.7. The Balaban J connectivity index is 1.30. The van der Waals surface area contributed by atoms with Crippen LogP contribution in [0.4, 0.5) is 17.1 Å². The van der Waals surface area contributed by atoms with E-state index in [2.05, 4.69) is 184 Å². The van der Waals surface area contributed by atoms with Gasteiger partial charge in [-0.2, -0.15) is 0 Å². The smallest absolute Gasteiger partial charge is 0.0468 e. The lowest BCUT2D eigenvalue weighted by Gasteiger charge is -2.29. The summed E-state index contributed by atoms with van der Waals surface area (Å²) in [5.41, 5.74) is 17.0. The van der Waals surface area contributed by atoms with E-state index in [9.17, 15) is 0 Å². The van der Waals surface area contributed by atoms with Gasteiger partial charge in [0.2, 0.25) is 0 Å². The van der Waals surface area contributed by atoms with Crippen LogP contribution in [0.25, 0.3) is 44.2 Å². The molecule has 0 spiro atoms. The summed E-state index contributed by atoms with van der Waals surface area (Å²) in [5, 5.41) is 2.49. The van der Waals surface area contributed by atoms with Gasteiger partial charge in [-0.15, -0.1) is 0 Å². The highest BCUT2D eigenvalue weighted by Gasteiger charge is 2.44. The Labute approximate surface area is 277 Å². The quantitative estimate of drug-likeness (QED) is 0.193. The number of hydrogen-bond acceptors (Lipinski definition) is 1. The van der Waals surface area contributed by atoms with Crippen LogP contribution in [0, 0.1) is 0 Å². The maximum Gasteiger partial charge on any atom is 0.0468 e. The molecule has 2 aliphatic carbocycles. The fraction of sp³-hybridized carbons (Fsp3) is 0.130. The van der Waals surface area contributed by atoms with E-state index in [4.69, 9.17) is 0 Å². The van der Waals surface area contributed by atoms with Gasteiger partial charge in [-0.25, -0.2) is 0 Å². The van der Waals surface area contributed by atoms with Crippen LogP contribution in [0.1, 0.15) is 49.9 Å². The van der Waals surface area contributed by atoms with Gasteiger partial charge in [0, 0.05) is 27.9 Å². The molecule has 1 nitrogen and oxygen atoms in total. The SMILES string of the molecule is CC1(C)c2ccccc2-c2c1cc1c(c2-c2ccccc2)-c2ccc(N(c3ccccc3)c3ccc4ccccc4c3)cc2C1(C)C. The van der Waals surface area contributed by atoms with Crippen molar-refractivity contribution in [3.8, 4) is 33.4 Å². The average molecular weight is 604 g/mol. The summed E-state index contributed by atoms with van der Waals surface area (Å²) in [7, 11) is 0. The molecule has 0 aliphatic heterocycles. The Bertz CT molecular complexity index is 2340. The van der Waals surface area contributed by atoms with Gasteiger partial charge in [-0.05, 0) is 103 Å². The van der Waals surface area contributed by atoms with Gasteiger partial charge in [0.15, 0.2) is 0 Å². The summed E-state index contributed by atoms with van der Waals surface area (Å²) in [6.07, 6.45) is 0. The zero-order valence-electron chi connectivity index (χ0n) is 27.4. The molecule has 7 aromatic carbocycles. The monoisotopic (exact) mass is 603 g/mol. The van der Waals surface area contributed by atoms with E-state index in [0.717, 1.165) is 11.4 Å². The topological polar surface area (TPSA) is 3.24 Å². The van der Waals surface area contributed by atoms with Crippen molar-refractivity contribution in [1.82, 2.24) is 0 Å². The molecule has 0 bridgehead atoms. The van der Waals surface area contributed by atoms with E-state index >= 15 is 0 Å². The summed E-state index contributed by atoms with van der Waals surface area (Å²) in [4.78, 5) is 2.41. The first-order chi connectivity index (χ1) is 22.8. The van der Waals surface area contributed by atoms with Crippen LogP contribution in [-0.2, 0) is 10.8 Å². The van der Waals surface area contributed by atoms with Crippen molar-refractivity contribution in [2.75, 3.05) is 4.90 Å². The first-order valence-electron chi connectivity index (χ1n) is 16.7. The number of benzene rings is 7. The summed E-state index contributed by atoms with van der Waals surface area (Å²) in [6.45, 7) is 9.63. The van der Waals surface area contributed by atoms with Crippen LogP contribution in [-0.4, -0.2) is 0 Å². The van der Waals surface area contributed by atoms with Gasteiger partial charge in [0.05, 0.1) is 0 Å². The first-order valence-corrected chi connectivity index (χ1v) is 16.7. The van der Waals surface area contributed by atoms with E-state index in [0.29, 0.717) is 0 Å². The summed E-state index contributed by atoms with van der Waals surface area (Å²) in [6, 6.07) is 56.0. The highest BCUT2D eigenvalue weighted by Crippen LogP contribution is 2.61. The molecule has 0 radical (unpaired) electrons. The highest BCUT2D eigenvalue weighted by atomic mass is 15.1. The number of para-hydroxylation sites is 1. The Kier molecular flexibility index (Phi) is 5.96. The number of hydrogen-bond donors (Lipinski definition) is 0. The molecule has 0 heterocycles. The lowest BCUT2D eigenvalue weighted by Crippen LogP contribution is -2.19. The molecule has 226 valence electrons. The largest absolute Gasteiger partial charge is 0.310 e. The fourth-order valence-corrected chi connectivity index (χ4v) is 8.40. The van der Waals surface area contributed by atoms with Crippen LogP contribution >= 0.6 is 0 Å². The van der Waals surface area contributed by atoms with Gasteiger partial charge in [-0.1, -0.05) is 143 Å². The van der Waals surface area contributed by atoms with Gasteiger partial charge >= 0.3 is 0 Å².